The van der Waals surface area contributed by atoms with Crippen molar-refractivity contribution in [1.29, 1.82) is 5.26 Å². The van der Waals surface area contributed by atoms with E-state index in [1.165, 1.54) is 5.56 Å². The topological polar surface area (TPSA) is 45.9 Å². The van der Waals surface area contributed by atoms with Crippen LogP contribution in [0.3, 0.4) is 0 Å². The minimum atomic E-state index is 0.404. The lowest BCUT2D eigenvalue weighted by Gasteiger charge is -2.12. The molecule has 0 radical (unpaired) electrons. The molecule has 0 saturated heterocycles. The molecule has 1 aliphatic rings. The Morgan fingerprint density at radius 1 is 1.23 bits per heavy atom. The molecule has 3 nitrogen and oxygen atoms in total. The molecule has 0 saturated carbocycles. The van der Waals surface area contributed by atoms with Gasteiger partial charge in [-0.1, -0.05) is 30.3 Å². The van der Waals surface area contributed by atoms with E-state index in [9.17, 15) is 5.26 Å². The van der Waals surface area contributed by atoms with E-state index >= 15 is 0 Å². The van der Waals surface area contributed by atoms with Gasteiger partial charge in [-0.25, -0.2) is 4.98 Å². The predicted molar refractivity (Wildman–Crippen MR) is 87.1 cm³/mol. The Morgan fingerprint density at radius 3 is 2.82 bits per heavy atom. The second-order valence-electron chi connectivity index (χ2n) is 5.12. The Balaban J connectivity index is 2.09. The summed E-state index contributed by atoms with van der Waals surface area (Å²) in [5.41, 5.74) is 5.95. The van der Waals surface area contributed by atoms with Crippen molar-refractivity contribution in [3.05, 3.63) is 58.5 Å². The average molecular weight is 304 g/mol. The molecule has 0 fully saturated rings. The van der Waals surface area contributed by atoms with Gasteiger partial charge in [-0.15, -0.1) is 11.3 Å². The van der Waals surface area contributed by atoms with Crippen molar-refractivity contribution in [2.24, 2.45) is 0 Å². The maximum Gasteiger partial charge on any atom is 0.232 e. The molecule has 0 amide bonds. The number of methoxy groups -OCH3 is 1. The average Bonchev–Trinajstić information content (AvgIpc) is 3.20. The number of rotatable bonds is 2. The number of hydrogen-bond donors (Lipinski definition) is 0. The Kier molecular flexibility index (Phi) is 2.95. The molecule has 1 aliphatic carbocycles. The van der Waals surface area contributed by atoms with Gasteiger partial charge < -0.3 is 4.74 Å². The number of nitrogens with zero attached hydrogens (tertiary/aromatic N) is 2. The minimum Gasteiger partial charge on any atom is -0.480 e. The molecule has 1 aromatic carbocycles. The number of benzene rings is 1. The second kappa shape index (κ2) is 4.97. The van der Waals surface area contributed by atoms with E-state index in [1.807, 2.05) is 29.6 Å². The quantitative estimate of drug-likeness (QED) is 0.556. The van der Waals surface area contributed by atoms with Crippen molar-refractivity contribution < 1.29 is 4.74 Å². The lowest BCUT2D eigenvalue weighted by Crippen LogP contribution is -1.99. The van der Waals surface area contributed by atoms with Gasteiger partial charge in [0.25, 0.3) is 0 Å². The summed E-state index contributed by atoms with van der Waals surface area (Å²) >= 11 is 1.64. The standard InChI is InChI=1S/C18H12N2OS/c1-21-18-14(10-19)16(15-7-4-8-22-15)13-9-11-5-2-3-6-12(11)17(13)20-18/h2-8H,9H2,1H3. The molecule has 106 valence electrons. The van der Waals surface area contributed by atoms with E-state index in [1.54, 1.807) is 18.4 Å². The van der Waals surface area contributed by atoms with Crippen molar-refractivity contribution >= 4 is 11.3 Å². The zero-order valence-corrected chi connectivity index (χ0v) is 12.8. The number of thiophene rings is 1. The Morgan fingerprint density at radius 2 is 2.09 bits per heavy atom. The SMILES string of the molecule is COc1nc2c(c(-c3cccs3)c1C#N)Cc1ccccc1-2. The molecule has 4 heteroatoms. The van der Waals surface area contributed by atoms with Gasteiger partial charge in [-0.2, -0.15) is 5.26 Å². The van der Waals surface area contributed by atoms with Crippen LogP contribution < -0.4 is 4.74 Å². The first kappa shape index (κ1) is 13.1. The first-order valence-corrected chi connectivity index (χ1v) is 7.84. The highest BCUT2D eigenvalue weighted by Crippen LogP contribution is 2.45. The first-order chi connectivity index (χ1) is 10.8. The smallest absolute Gasteiger partial charge is 0.232 e. The van der Waals surface area contributed by atoms with Crippen molar-refractivity contribution in [2.75, 3.05) is 7.11 Å². The fourth-order valence-corrected chi connectivity index (χ4v) is 3.84. The van der Waals surface area contributed by atoms with E-state index in [4.69, 9.17) is 4.74 Å². The van der Waals surface area contributed by atoms with Crippen LogP contribution in [0.5, 0.6) is 5.88 Å². The van der Waals surface area contributed by atoms with Crippen molar-refractivity contribution in [3.8, 4) is 33.6 Å². The molecule has 0 bridgehead atoms. The summed E-state index contributed by atoms with van der Waals surface area (Å²) in [6, 6.07) is 14.6. The first-order valence-electron chi connectivity index (χ1n) is 6.96. The molecular formula is C18H12N2OS. The Bertz CT molecular complexity index is 908. The van der Waals surface area contributed by atoms with Crippen LogP contribution in [0.25, 0.3) is 21.7 Å². The van der Waals surface area contributed by atoms with Gasteiger partial charge in [0.05, 0.1) is 12.8 Å². The molecule has 0 atom stereocenters. The van der Waals surface area contributed by atoms with Crippen LogP contribution in [0, 0.1) is 11.3 Å². The summed E-state index contributed by atoms with van der Waals surface area (Å²) in [5, 5.41) is 11.6. The summed E-state index contributed by atoms with van der Waals surface area (Å²) in [5.74, 6) is 0.404. The Hall–Kier alpha value is -2.64. The number of aromatic nitrogens is 1. The third-order valence-corrected chi connectivity index (χ3v) is 4.86. The van der Waals surface area contributed by atoms with Gasteiger partial charge in [0, 0.05) is 22.4 Å². The monoisotopic (exact) mass is 304 g/mol. The largest absolute Gasteiger partial charge is 0.480 e. The number of fused-ring (bicyclic) bond motifs is 3. The number of ether oxygens (including phenoxy) is 1. The zero-order valence-electron chi connectivity index (χ0n) is 12.0. The highest BCUT2D eigenvalue weighted by Gasteiger charge is 2.28. The molecule has 0 N–H and O–H groups in total. The van der Waals surface area contributed by atoms with Crippen molar-refractivity contribution in [1.82, 2.24) is 4.98 Å². The summed E-state index contributed by atoms with van der Waals surface area (Å²) in [4.78, 5) is 5.70. The number of nitriles is 1. The van der Waals surface area contributed by atoms with Crippen LogP contribution in [0.2, 0.25) is 0 Å². The van der Waals surface area contributed by atoms with Crippen molar-refractivity contribution in [2.45, 2.75) is 6.42 Å². The van der Waals surface area contributed by atoms with Gasteiger partial charge in [0.2, 0.25) is 5.88 Å². The normalized spacial score (nSPS) is 11.6. The van der Waals surface area contributed by atoms with E-state index < -0.39 is 0 Å². The van der Waals surface area contributed by atoms with Crippen LogP contribution >= 0.6 is 11.3 Å². The maximum absolute atomic E-state index is 9.61. The van der Waals surface area contributed by atoms with Crippen LogP contribution in [0.4, 0.5) is 0 Å². The lowest BCUT2D eigenvalue weighted by molar-refractivity contribution is 0.397. The predicted octanol–water partition coefficient (Wildman–Crippen LogP) is 4.26. The van der Waals surface area contributed by atoms with E-state index in [0.29, 0.717) is 11.4 Å². The summed E-state index contributed by atoms with van der Waals surface area (Å²) in [6.07, 6.45) is 0.810. The summed E-state index contributed by atoms with van der Waals surface area (Å²) < 4.78 is 5.39. The van der Waals surface area contributed by atoms with Gasteiger partial charge >= 0.3 is 0 Å². The molecule has 4 rings (SSSR count). The van der Waals surface area contributed by atoms with Gasteiger partial charge in [-0.3, -0.25) is 0 Å². The third kappa shape index (κ3) is 1.76. The van der Waals surface area contributed by atoms with Crippen LogP contribution in [0.15, 0.2) is 41.8 Å². The summed E-state index contributed by atoms with van der Waals surface area (Å²) in [7, 11) is 1.56. The van der Waals surface area contributed by atoms with Crippen molar-refractivity contribution in [3.63, 3.8) is 0 Å². The van der Waals surface area contributed by atoms with Crippen LogP contribution in [-0.4, -0.2) is 12.1 Å². The minimum absolute atomic E-state index is 0.404. The zero-order chi connectivity index (χ0) is 15.1. The molecule has 2 aromatic heterocycles. The van der Waals surface area contributed by atoms with E-state index in [0.717, 1.165) is 33.7 Å². The molecule has 3 aromatic rings. The molecule has 0 spiro atoms. The maximum atomic E-state index is 9.61. The van der Waals surface area contributed by atoms with E-state index in [2.05, 4.69) is 23.2 Å². The number of pyridine rings is 1. The highest BCUT2D eigenvalue weighted by molar-refractivity contribution is 7.13. The fourth-order valence-electron chi connectivity index (χ4n) is 3.04. The second-order valence-corrected chi connectivity index (χ2v) is 6.07. The summed E-state index contributed by atoms with van der Waals surface area (Å²) in [6.45, 7) is 0. The van der Waals surface area contributed by atoms with Gasteiger partial charge in [0.1, 0.15) is 11.6 Å². The van der Waals surface area contributed by atoms with Crippen LogP contribution in [0.1, 0.15) is 16.7 Å². The number of hydrogen-bond acceptors (Lipinski definition) is 4. The van der Waals surface area contributed by atoms with Crippen LogP contribution in [-0.2, 0) is 6.42 Å². The Labute approximate surface area is 132 Å². The fraction of sp³-hybridized carbons (Fsp3) is 0.111. The highest BCUT2D eigenvalue weighted by atomic mass is 32.1. The lowest BCUT2D eigenvalue weighted by atomic mass is 9.99. The molecule has 2 heterocycles. The molecule has 22 heavy (non-hydrogen) atoms. The molecule has 0 aliphatic heterocycles. The van der Waals surface area contributed by atoms with E-state index in [-0.39, 0.29) is 0 Å². The van der Waals surface area contributed by atoms with Gasteiger partial charge in [0.15, 0.2) is 0 Å². The molecule has 0 unspecified atom stereocenters. The third-order valence-electron chi connectivity index (χ3n) is 3.98. The molecular weight excluding hydrogens is 292 g/mol. The van der Waals surface area contributed by atoms with Gasteiger partial charge in [-0.05, 0) is 22.6 Å².